The van der Waals surface area contributed by atoms with Gasteiger partial charge in [-0.2, -0.15) is 0 Å². The number of ether oxygens (including phenoxy) is 1. The molecule has 0 fully saturated rings. The zero-order valence-electron chi connectivity index (χ0n) is 12.6. The molecule has 2 aromatic carbocycles. The highest BCUT2D eigenvalue weighted by Crippen LogP contribution is 2.44. The molecule has 0 bridgehead atoms. The number of fused-ring (bicyclic) bond motifs is 3. The minimum absolute atomic E-state index is 0.0460. The molecule has 1 aliphatic heterocycles. The molecule has 1 aliphatic rings. The van der Waals surface area contributed by atoms with Gasteiger partial charge in [-0.1, -0.05) is 36.4 Å². The Kier molecular flexibility index (Phi) is 3.21. The molecule has 1 unspecified atom stereocenters. The van der Waals surface area contributed by atoms with Crippen LogP contribution >= 0.6 is 0 Å². The Bertz CT molecular complexity index is 735. The van der Waals surface area contributed by atoms with Gasteiger partial charge >= 0.3 is 0 Å². The molecule has 1 N–H and O–H groups in total. The second-order valence-electron chi connectivity index (χ2n) is 5.79. The fourth-order valence-corrected chi connectivity index (χ4v) is 2.92. The van der Waals surface area contributed by atoms with Gasteiger partial charge in [0.25, 0.3) is 0 Å². The lowest BCUT2D eigenvalue weighted by molar-refractivity contribution is 0.225. The number of hydrogen-bond acceptors (Lipinski definition) is 3. The summed E-state index contributed by atoms with van der Waals surface area (Å²) in [6.45, 7) is 1.77. The number of nitrogens with zero attached hydrogens (tertiary/aromatic N) is 1. The van der Waals surface area contributed by atoms with Crippen LogP contribution in [-0.4, -0.2) is 32.5 Å². The molecule has 3 nitrogen and oxygen atoms in total. The summed E-state index contributed by atoms with van der Waals surface area (Å²) in [4.78, 5) is 2.03. The number of benzene rings is 2. The Morgan fingerprint density at radius 2 is 1.90 bits per heavy atom. The molecule has 4 heteroatoms. The van der Waals surface area contributed by atoms with E-state index in [1.165, 1.54) is 0 Å². The smallest absolute Gasteiger partial charge is 0.137 e. The van der Waals surface area contributed by atoms with Crippen LogP contribution in [0.4, 0.5) is 5.69 Å². The van der Waals surface area contributed by atoms with Crippen LogP contribution in [-0.2, 0) is 6.61 Å². The highest BCUT2D eigenvalue weighted by molar-refractivity contribution is 6.17. The lowest BCUT2D eigenvalue weighted by Gasteiger charge is -2.32. The Morgan fingerprint density at radius 1 is 1.24 bits per heavy atom. The van der Waals surface area contributed by atoms with E-state index in [0.717, 1.165) is 33.3 Å². The summed E-state index contributed by atoms with van der Waals surface area (Å²) in [5.41, 5.74) is 1.95. The first-order chi connectivity index (χ1) is 9.94. The maximum absolute atomic E-state index is 9.87. The quantitative estimate of drug-likeness (QED) is 0.858. The Labute approximate surface area is 126 Å². The zero-order valence-corrected chi connectivity index (χ0v) is 12.6. The van der Waals surface area contributed by atoms with Crippen LogP contribution in [0, 0.1) is 0 Å². The number of hydrogen-bond donors (Lipinski definition) is 1. The molecule has 0 spiro atoms. The summed E-state index contributed by atoms with van der Waals surface area (Å²) >= 11 is 0. The van der Waals surface area contributed by atoms with Crippen molar-refractivity contribution < 1.29 is 9.84 Å². The molecular formula is C17H18BNO2. The molecule has 21 heavy (non-hydrogen) atoms. The number of aliphatic hydroxyl groups is 1. The van der Waals surface area contributed by atoms with Gasteiger partial charge in [0, 0.05) is 36.0 Å². The summed E-state index contributed by atoms with van der Waals surface area (Å²) < 4.78 is 5.97. The lowest BCUT2D eigenvalue weighted by atomic mass is 9.80. The van der Waals surface area contributed by atoms with Gasteiger partial charge in [-0.15, -0.1) is 0 Å². The third-order valence-corrected chi connectivity index (χ3v) is 3.79. The number of anilines is 1. The van der Waals surface area contributed by atoms with Crippen LogP contribution in [0.25, 0.3) is 16.8 Å². The predicted molar refractivity (Wildman–Crippen MR) is 88.0 cm³/mol. The largest absolute Gasteiger partial charge is 0.492 e. The van der Waals surface area contributed by atoms with E-state index in [1.807, 2.05) is 62.3 Å². The molecule has 0 aliphatic carbocycles. The van der Waals surface area contributed by atoms with E-state index in [9.17, 15) is 5.11 Å². The van der Waals surface area contributed by atoms with Gasteiger partial charge in [-0.3, -0.25) is 0 Å². The van der Waals surface area contributed by atoms with Crippen LogP contribution in [0.3, 0.4) is 0 Å². The predicted octanol–water partition coefficient (Wildman–Crippen LogP) is 2.69. The molecule has 0 saturated carbocycles. The Hall–Kier alpha value is -1.94. The first kappa shape index (κ1) is 14.0. The monoisotopic (exact) mass is 279 g/mol. The SMILES string of the molecule is [B]C1(C)C=Cc2c(CO)c(N(C)C)c3ccccc3c2O1. The van der Waals surface area contributed by atoms with Crippen molar-refractivity contribution in [1.29, 1.82) is 0 Å². The average molecular weight is 279 g/mol. The standard InChI is InChI=1S/C17H18BNO2/c1-17(18)9-8-13-14(10-20)15(19(2)3)11-6-4-5-7-12(11)16(13)21-17/h4-9,20H,10H2,1-3H3. The van der Waals surface area contributed by atoms with Gasteiger partial charge in [0.1, 0.15) is 13.6 Å². The Balaban J connectivity index is 2.45. The topological polar surface area (TPSA) is 32.7 Å². The highest BCUT2D eigenvalue weighted by atomic mass is 16.5. The Morgan fingerprint density at radius 3 is 2.52 bits per heavy atom. The molecule has 0 aromatic heterocycles. The third-order valence-electron chi connectivity index (χ3n) is 3.79. The molecule has 106 valence electrons. The zero-order chi connectivity index (χ0) is 15.2. The molecule has 2 radical (unpaired) electrons. The van der Waals surface area contributed by atoms with Gasteiger partial charge in [0.2, 0.25) is 0 Å². The third kappa shape index (κ3) is 2.20. The fourth-order valence-electron chi connectivity index (χ4n) is 2.92. The van der Waals surface area contributed by atoms with E-state index in [1.54, 1.807) is 0 Å². The molecule has 0 amide bonds. The second kappa shape index (κ2) is 4.81. The van der Waals surface area contributed by atoms with Crippen molar-refractivity contribution in [3.8, 4) is 5.75 Å². The van der Waals surface area contributed by atoms with E-state index in [0.29, 0.717) is 0 Å². The summed E-state index contributed by atoms with van der Waals surface area (Å²) in [5, 5.41) is 11.9. The second-order valence-corrected chi connectivity index (χ2v) is 5.79. The normalized spacial score (nSPS) is 20.2. The van der Waals surface area contributed by atoms with E-state index in [4.69, 9.17) is 12.6 Å². The highest BCUT2D eigenvalue weighted by Gasteiger charge is 2.27. The molecule has 2 aromatic rings. The maximum atomic E-state index is 9.87. The van der Waals surface area contributed by atoms with Gasteiger partial charge in [-0.05, 0) is 6.92 Å². The maximum Gasteiger partial charge on any atom is 0.137 e. The van der Waals surface area contributed by atoms with Crippen LogP contribution in [0.1, 0.15) is 18.1 Å². The number of rotatable bonds is 2. The molecule has 1 atom stereocenters. The van der Waals surface area contributed by atoms with Crippen molar-refractivity contribution in [3.05, 3.63) is 41.5 Å². The lowest BCUT2D eigenvalue weighted by Crippen LogP contribution is -2.32. The van der Waals surface area contributed by atoms with Crippen molar-refractivity contribution in [3.63, 3.8) is 0 Å². The van der Waals surface area contributed by atoms with Gasteiger partial charge < -0.3 is 14.7 Å². The molecule has 0 saturated heterocycles. The van der Waals surface area contributed by atoms with Crippen LogP contribution in [0.15, 0.2) is 30.3 Å². The van der Waals surface area contributed by atoms with Crippen molar-refractivity contribution in [2.45, 2.75) is 19.0 Å². The van der Waals surface area contributed by atoms with E-state index in [-0.39, 0.29) is 6.61 Å². The van der Waals surface area contributed by atoms with Gasteiger partial charge in [-0.25, -0.2) is 0 Å². The van der Waals surface area contributed by atoms with Gasteiger partial charge in [0.15, 0.2) is 0 Å². The first-order valence-corrected chi connectivity index (χ1v) is 6.97. The van der Waals surface area contributed by atoms with E-state index in [2.05, 4.69) is 0 Å². The van der Waals surface area contributed by atoms with E-state index < -0.39 is 5.50 Å². The molecule has 3 rings (SSSR count). The molecule has 1 heterocycles. The molecular weight excluding hydrogens is 261 g/mol. The first-order valence-electron chi connectivity index (χ1n) is 6.97. The summed E-state index contributed by atoms with van der Waals surface area (Å²) in [6.07, 6.45) is 3.77. The van der Waals surface area contributed by atoms with E-state index >= 15 is 0 Å². The summed E-state index contributed by atoms with van der Waals surface area (Å²) in [5.74, 6) is 0.743. The van der Waals surface area contributed by atoms with Gasteiger partial charge in [0.05, 0.1) is 17.8 Å². The van der Waals surface area contributed by atoms with Crippen LogP contribution in [0.2, 0.25) is 0 Å². The van der Waals surface area contributed by atoms with Crippen molar-refractivity contribution in [2.24, 2.45) is 0 Å². The van der Waals surface area contributed by atoms with Crippen molar-refractivity contribution >= 4 is 30.4 Å². The van der Waals surface area contributed by atoms with Crippen molar-refractivity contribution in [1.82, 2.24) is 0 Å². The van der Waals surface area contributed by atoms with Crippen LogP contribution < -0.4 is 9.64 Å². The van der Waals surface area contributed by atoms with Crippen molar-refractivity contribution in [2.75, 3.05) is 19.0 Å². The van der Waals surface area contributed by atoms with Crippen LogP contribution in [0.5, 0.6) is 5.75 Å². The number of aliphatic hydroxyl groups excluding tert-OH is 1. The summed E-state index contributed by atoms with van der Waals surface area (Å²) in [7, 11) is 10.1. The fraction of sp³-hybridized carbons (Fsp3) is 0.294. The minimum Gasteiger partial charge on any atom is -0.492 e. The minimum atomic E-state index is -0.831. The summed E-state index contributed by atoms with van der Waals surface area (Å²) in [6, 6.07) is 8.04. The average Bonchev–Trinajstić information content (AvgIpc) is 2.44.